The third-order valence-electron chi connectivity index (χ3n) is 1.93. The topological polar surface area (TPSA) is 20.2 Å². The lowest BCUT2D eigenvalue weighted by Gasteiger charge is -2.21. The summed E-state index contributed by atoms with van der Waals surface area (Å²) in [6, 6.07) is 0. The second kappa shape index (κ2) is 4.75. The van der Waals surface area contributed by atoms with Gasteiger partial charge in [0.25, 0.3) is 5.92 Å². The molecule has 12 heavy (non-hydrogen) atoms. The molecular formula is C9H18F2O. The van der Waals surface area contributed by atoms with E-state index in [9.17, 15) is 8.78 Å². The Bertz CT molecular complexity index is 124. The van der Waals surface area contributed by atoms with Gasteiger partial charge in [0, 0.05) is 6.42 Å². The summed E-state index contributed by atoms with van der Waals surface area (Å²) in [4.78, 5) is 0. The number of halogens is 2. The standard InChI is InChI=1S/C9H18F2O/c1-4-8(12)9(10,11)6-5-7(2)3/h7-8,12H,4-6H2,1-3H3. The lowest BCUT2D eigenvalue weighted by Crippen LogP contribution is -2.33. The summed E-state index contributed by atoms with van der Waals surface area (Å²) < 4.78 is 25.9. The Labute approximate surface area is 72.8 Å². The van der Waals surface area contributed by atoms with Crippen LogP contribution in [0.3, 0.4) is 0 Å². The molecule has 0 aliphatic carbocycles. The predicted octanol–water partition coefficient (Wildman–Crippen LogP) is 2.83. The van der Waals surface area contributed by atoms with Crippen molar-refractivity contribution in [3.8, 4) is 0 Å². The molecule has 1 nitrogen and oxygen atoms in total. The Morgan fingerprint density at radius 1 is 1.33 bits per heavy atom. The van der Waals surface area contributed by atoms with Crippen molar-refractivity contribution in [2.75, 3.05) is 0 Å². The van der Waals surface area contributed by atoms with Crippen LogP contribution in [-0.4, -0.2) is 17.1 Å². The van der Waals surface area contributed by atoms with E-state index in [1.165, 1.54) is 0 Å². The molecule has 74 valence electrons. The van der Waals surface area contributed by atoms with E-state index >= 15 is 0 Å². The molecule has 0 aliphatic heterocycles. The van der Waals surface area contributed by atoms with Gasteiger partial charge < -0.3 is 5.11 Å². The summed E-state index contributed by atoms with van der Waals surface area (Å²) in [5.41, 5.74) is 0. The molecule has 0 aliphatic rings. The molecule has 1 N–H and O–H groups in total. The highest BCUT2D eigenvalue weighted by molar-refractivity contribution is 4.75. The molecule has 1 unspecified atom stereocenters. The van der Waals surface area contributed by atoms with E-state index in [0.29, 0.717) is 6.42 Å². The number of hydrogen-bond donors (Lipinski definition) is 1. The van der Waals surface area contributed by atoms with Crippen LogP contribution in [0.1, 0.15) is 40.0 Å². The zero-order valence-electron chi connectivity index (χ0n) is 7.98. The second-order valence-electron chi connectivity index (χ2n) is 3.62. The summed E-state index contributed by atoms with van der Waals surface area (Å²) in [6.07, 6.45) is -1.11. The second-order valence-corrected chi connectivity index (χ2v) is 3.62. The van der Waals surface area contributed by atoms with Crippen LogP contribution < -0.4 is 0 Å². The molecule has 0 amide bonds. The van der Waals surface area contributed by atoms with Crippen molar-refractivity contribution in [1.82, 2.24) is 0 Å². The Morgan fingerprint density at radius 2 is 1.83 bits per heavy atom. The lowest BCUT2D eigenvalue weighted by molar-refractivity contribution is -0.116. The van der Waals surface area contributed by atoms with Crippen LogP contribution in [0.25, 0.3) is 0 Å². The van der Waals surface area contributed by atoms with Crippen LogP contribution in [0.5, 0.6) is 0 Å². The van der Waals surface area contributed by atoms with Crippen LogP contribution >= 0.6 is 0 Å². The van der Waals surface area contributed by atoms with Gasteiger partial charge in [-0.05, 0) is 18.8 Å². The van der Waals surface area contributed by atoms with Gasteiger partial charge in [-0.15, -0.1) is 0 Å². The highest BCUT2D eigenvalue weighted by Crippen LogP contribution is 2.28. The average Bonchev–Trinajstić information content (AvgIpc) is 1.99. The van der Waals surface area contributed by atoms with Gasteiger partial charge in [0.15, 0.2) is 0 Å². The monoisotopic (exact) mass is 180 g/mol. The van der Waals surface area contributed by atoms with E-state index in [-0.39, 0.29) is 18.8 Å². The van der Waals surface area contributed by atoms with Crippen LogP contribution in [0.15, 0.2) is 0 Å². The number of alkyl halides is 2. The molecule has 0 fully saturated rings. The SMILES string of the molecule is CCC(O)C(F)(F)CCC(C)C. The van der Waals surface area contributed by atoms with Crippen LogP contribution in [-0.2, 0) is 0 Å². The molecular weight excluding hydrogens is 162 g/mol. The number of rotatable bonds is 5. The van der Waals surface area contributed by atoms with E-state index < -0.39 is 12.0 Å². The normalized spacial score (nSPS) is 15.2. The molecule has 0 aromatic rings. The highest BCUT2D eigenvalue weighted by atomic mass is 19.3. The third kappa shape index (κ3) is 4.00. The zero-order chi connectivity index (χ0) is 9.78. The van der Waals surface area contributed by atoms with Crippen molar-refractivity contribution in [2.24, 2.45) is 5.92 Å². The molecule has 0 saturated carbocycles. The lowest BCUT2D eigenvalue weighted by atomic mass is 10.00. The quantitative estimate of drug-likeness (QED) is 0.689. The molecule has 0 spiro atoms. The van der Waals surface area contributed by atoms with E-state index in [1.54, 1.807) is 6.92 Å². The van der Waals surface area contributed by atoms with Gasteiger partial charge in [0.1, 0.15) is 6.10 Å². The molecule has 0 rings (SSSR count). The average molecular weight is 180 g/mol. The summed E-state index contributed by atoms with van der Waals surface area (Å²) in [5.74, 6) is -2.64. The van der Waals surface area contributed by atoms with Crippen molar-refractivity contribution >= 4 is 0 Å². The molecule has 0 heterocycles. The molecule has 0 bridgehead atoms. The summed E-state index contributed by atoms with van der Waals surface area (Å²) >= 11 is 0. The van der Waals surface area contributed by atoms with E-state index in [2.05, 4.69) is 0 Å². The minimum absolute atomic E-state index is 0.116. The Hall–Kier alpha value is -0.180. The number of aliphatic hydroxyl groups is 1. The third-order valence-corrected chi connectivity index (χ3v) is 1.93. The van der Waals surface area contributed by atoms with Crippen LogP contribution in [0.4, 0.5) is 8.78 Å². The molecule has 0 aromatic heterocycles. The van der Waals surface area contributed by atoms with Crippen molar-refractivity contribution in [1.29, 1.82) is 0 Å². The fourth-order valence-corrected chi connectivity index (χ4v) is 0.946. The number of hydrogen-bond acceptors (Lipinski definition) is 1. The van der Waals surface area contributed by atoms with Gasteiger partial charge >= 0.3 is 0 Å². The van der Waals surface area contributed by atoms with E-state index in [0.717, 1.165) is 0 Å². The molecule has 1 atom stereocenters. The Morgan fingerprint density at radius 3 is 2.17 bits per heavy atom. The van der Waals surface area contributed by atoms with Gasteiger partial charge in [-0.3, -0.25) is 0 Å². The van der Waals surface area contributed by atoms with Gasteiger partial charge in [-0.1, -0.05) is 20.8 Å². The van der Waals surface area contributed by atoms with Gasteiger partial charge in [-0.2, -0.15) is 0 Å². The smallest absolute Gasteiger partial charge is 0.273 e. The van der Waals surface area contributed by atoms with Crippen molar-refractivity contribution in [3.05, 3.63) is 0 Å². The first-order valence-corrected chi connectivity index (χ1v) is 4.46. The Kier molecular flexibility index (Phi) is 4.68. The van der Waals surface area contributed by atoms with E-state index in [1.807, 2.05) is 13.8 Å². The molecule has 0 radical (unpaired) electrons. The maximum Gasteiger partial charge on any atom is 0.273 e. The maximum atomic E-state index is 12.9. The fourth-order valence-electron chi connectivity index (χ4n) is 0.946. The number of aliphatic hydroxyl groups excluding tert-OH is 1. The van der Waals surface area contributed by atoms with Crippen molar-refractivity contribution in [3.63, 3.8) is 0 Å². The Balaban J connectivity index is 3.86. The first-order valence-electron chi connectivity index (χ1n) is 4.46. The van der Waals surface area contributed by atoms with Gasteiger partial charge in [-0.25, -0.2) is 8.78 Å². The summed E-state index contributed by atoms with van der Waals surface area (Å²) in [6.45, 7) is 5.36. The summed E-state index contributed by atoms with van der Waals surface area (Å²) in [7, 11) is 0. The maximum absolute atomic E-state index is 12.9. The molecule has 0 saturated heterocycles. The van der Waals surface area contributed by atoms with Gasteiger partial charge in [0.05, 0.1) is 0 Å². The minimum Gasteiger partial charge on any atom is -0.387 e. The zero-order valence-corrected chi connectivity index (χ0v) is 7.98. The van der Waals surface area contributed by atoms with Crippen molar-refractivity contribution in [2.45, 2.75) is 52.1 Å². The predicted molar refractivity (Wildman–Crippen MR) is 45.3 cm³/mol. The first kappa shape index (κ1) is 11.8. The highest BCUT2D eigenvalue weighted by Gasteiger charge is 2.36. The summed E-state index contributed by atoms with van der Waals surface area (Å²) in [5, 5.41) is 8.95. The largest absolute Gasteiger partial charge is 0.387 e. The van der Waals surface area contributed by atoms with Crippen LogP contribution in [0.2, 0.25) is 0 Å². The minimum atomic E-state index is -2.90. The van der Waals surface area contributed by atoms with Gasteiger partial charge in [0.2, 0.25) is 0 Å². The molecule has 0 aromatic carbocycles. The van der Waals surface area contributed by atoms with E-state index in [4.69, 9.17) is 5.11 Å². The first-order chi connectivity index (χ1) is 5.40. The van der Waals surface area contributed by atoms with Crippen LogP contribution in [0, 0.1) is 5.92 Å². The van der Waals surface area contributed by atoms with Crippen molar-refractivity contribution < 1.29 is 13.9 Å². The fraction of sp³-hybridized carbons (Fsp3) is 1.00. The molecule has 3 heteroatoms.